The highest BCUT2D eigenvalue weighted by Gasteiger charge is 2.08. The molecule has 2 amide bonds. The lowest BCUT2D eigenvalue weighted by atomic mass is 10.2. The van der Waals surface area contributed by atoms with E-state index in [0.29, 0.717) is 13.0 Å². The lowest BCUT2D eigenvalue weighted by molar-refractivity contribution is -0.137. The highest BCUT2D eigenvalue weighted by molar-refractivity contribution is 5.74. The normalized spacial score (nSPS) is 11.6. The zero-order valence-corrected chi connectivity index (χ0v) is 10.2. The minimum atomic E-state index is -0.862. The molecule has 98 valence electrons. The molecule has 0 saturated carbocycles. The number of nitrogens with zero attached hydrogens (tertiary/aromatic N) is 1. The molecular weight excluding hydrogens is 234 g/mol. The Kier molecular flexibility index (Phi) is 5.63. The molecule has 0 saturated heterocycles. The third-order valence-electron chi connectivity index (χ3n) is 2.34. The highest BCUT2D eigenvalue weighted by Crippen LogP contribution is 1.97. The van der Waals surface area contributed by atoms with Gasteiger partial charge in [0.2, 0.25) is 0 Å². The second-order valence-electron chi connectivity index (χ2n) is 4.02. The summed E-state index contributed by atoms with van der Waals surface area (Å²) in [6, 6.07) is 3.18. The smallest absolute Gasteiger partial charge is 0.315 e. The lowest BCUT2D eigenvalue weighted by Crippen LogP contribution is -2.40. The number of carbonyl (C=O) groups excluding carboxylic acids is 1. The van der Waals surface area contributed by atoms with E-state index in [2.05, 4.69) is 15.6 Å². The molecule has 0 spiro atoms. The van der Waals surface area contributed by atoms with Gasteiger partial charge in [0.25, 0.3) is 0 Å². The van der Waals surface area contributed by atoms with Gasteiger partial charge in [-0.05, 0) is 25.0 Å². The molecule has 0 aromatic carbocycles. The molecule has 1 aromatic rings. The van der Waals surface area contributed by atoms with Crippen LogP contribution in [-0.4, -0.2) is 28.1 Å². The molecule has 3 N–H and O–H groups in total. The van der Waals surface area contributed by atoms with Gasteiger partial charge in [0.15, 0.2) is 0 Å². The van der Waals surface area contributed by atoms with Crippen LogP contribution in [0.15, 0.2) is 24.5 Å². The minimum absolute atomic E-state index is 0.0457. The van der Waals surface area contributed by atoms with E-state index < -0.39 is 5.97 Å². The number of rotatable bonds is 6. The Hall–Kier alpha value is -2.11. The van der Waals surface area contributed by atoms with Crippen molar-refractivity contribution in [2.24, 2.45) is 0 Å². The second kappa shape index (κ2) is 7.26. The molecule has 0 aliphatic heterocycles. The second-order valence-corrected chi connectivity index (χ2v) is 4.02. The maximum absolute atomic E-state index is 11.5. The van der Waals surface area contributed by atoms with Crippen LogP contribution in [0.4, 0.5) is 4.79 Å². The van der Waals surface area contributed by atoms with Crippen LogP contribution in [0, 0.1) is 0 Å². The first kappa shape index (κ1) is 14.0. The van der Waals surface area contributed by atoms with Crippen LogP contribution in [-0.2, 0) is 11.3 Å². The number of carboxylic acids is 1. The standard InChI is InChI=1S/C12H17N3O3/c1-9(4-5-11(16)17)15-12(18)14-8-10-3-2-6-13-7-10/h2-3,6-7,9H,4-5,8H2,1H3,(H,16,17)(H2,14,15,18). The van der Waals surface area contributed by atoms with Gasteiger partial charge in [-0.25, -0.2) is 4.79 Å². The van der Waals surface area contributed by atoms with Gasteiger partial charge < -0.3 is 15.7 Å². The van der Waals surface area contributed by atoms with Gasteiger partial charge in [0.05, 0.1) is 0 Å². The Bertz CT molecular complexity index is 395. The van der Waals surface area contributed by atoms with Crippen LogP contribution in [0.25, 0.3) is 0 Å². The fraction of sp³-hybridized carbons (Fsp3) is 0.417. The molecule has 6 heteroatoms. The summed E-state index contributed by atoms with van der Waals surface area (Å²) in [5.41, 5.74) is 0.908. The maximum Gasteiger partial charge on any atom is 0.315 e. The van der Waals surface area contributed by atoms with Crippen LogP contribution in [0.2, 0.25) is 0 Å². The largest absolute Gasteiger partial charge is 0.481 e. The fourth-order valence-corrected chi connectivity index (χ4v) is 1.37. The van der Waals surface area contributed by atoms with Gasteiger partial charge in [0, 0.05) is 31.4 Å². The van der Waals surface area contributed by atoms with Crippen molar-refractivity contribution in [3.8, 4) is 0 Å². The molecule has 1 rings (SSSR count). The topological polar surface area (TPSA) is 91.3 Å². The molecule has 6 nitrogen and oxygen atoms in total. The highest BCUT2D eigenvalue weighted by atomic mass is 16.4. The Morgan fingerprint density at radius 2 is 2.28 bits per heavy atom. The quantitative estimate of drug-likeness (QED) is 0.707. The Morgan fingerprint density at radius 3 is 2.89 bits per heavy atom. The van der Waals surface area contributed by atoms with E-state index in [1.54, 1.807) is 25.4 Å². The molecule has 1 atom stereocenters. The Labute approximate surface area is 105 Å². The number of carboxylic acid groups (broad SMARTS) is 1. The van der Waals surface area contributed by atoms with Gasteiger partial charge in [0.1, 0.15) is 0 Å². The molecule has 1 aromatic heterocycles. The van der Waals surface area contributed by atoms with E-state index in [0.717, 1.165) is 5.56 Å². The number of amides is 2. The predicted octanol–water partition coefficient (Wildman–Crippen LogP) is 1.13. The molecule has 0 bridgehead atoms. The number of aliphatic carboxylic acids is 1. The van der Waals surface area contributed by atoms with Crippen molar-refractivity contribution in [1.82, 2.24) is 15.6 Å². The maximum atomic E-state index is 11.5. The molecular formula is C12H17N3O3. The molecule has 0 fully saturated rings. The van der Waals surface area contributed by atoms with Crippen LogP contribution in [0.1, 0.15) is 25.3 Å². The monoisotopic (exact) mass is 251 g/mol. The number of pyridine rings is 1. The predicted molar refractivity (Wildman–Crippen MR) is 65.9 cm³/mol. The van der Waals surface area contributed by atoms with Crippen molar-refractivity contribution in [2.75, 3.05) is 0 Å². The zero-order chi connectivity index (χ0) is 13.4. The summed E-state index contributed by atoms with van der Waals surface area (Å²) in [5.74, 6) is -0.862. The zero-order valence-electron chi connectivity index (χ0n) is 10.2. The van der Waals surface area contributed by atoms with E-state index >= 15 is 0 Å². The Balaban J connectivity index is 2.23. The summed E-state index contributed by atoms with van der Waals surface area (Å²) in [6.45, 7) is 2.16. The third-order valence-corrected chi connectivity index (χ3v) is 2.34. The average molecular weight is 251 g/mol. The first-order chi connectivity index (χ1) is 8.58. The van der Waals surface area contributed by atoms with Crippen molar-refractivity contribution < 1.29 is 14.7 Å². The molecule has 1 unspecified atom stereocenters. The molecule has 0 radical (unpaired) electrons. The van der Waals surface area contributed by atoms with Crippen molar-refractivity contribution in [3.05, 3.63) is 30.1 Å². The first-order valence-electron chi connectivity index (χ1n) is 5.73. The van der Waals surface area contributed by atoms with Crippen LogP contribution < -0.4 is 10.6 Å². The number of hydrogen-bond acceptors (Lipinski definition) is 3. The van der Waals surface area contributed by atoms with Crippen LogP contribution in [0.5, 0.6) is 0 Å². The number of nitrogens with one attached hydrogen (secondary N) is 2. The van der Waals surface area contributed by atoms with Gasteiger partial charge in [-0.15, -0.1) is 0 Å². The summed E-state index contributed by atoms with van der Waals surface area (Å²) >= 11 is 0. The average Bonchev–Trinajstić information content (AvgIpc) is 2.35. The van der Waals surface area contributed by atoms with Crippen LogP contribution >= 0.6 is 0 Å². The molecule has 1 heterocycles. The van der Waals surface area contributed by atoms with E-state index in [-0.39, 0.29) is 18.5 Å². The lowest BCUT2D eigenvalue weighted by Gasteiger charge is -2.13. The van der Waals surface area contributed by atoms with E-state index in [1.165, 1.54) is 0 Å². The molecule has 0 aliphatic rings. The van der Waals surface area contributed by atoms with E-state index in [1.807, 2.05) is 6.07 Å². The van der Waals surface area contributed by atoms with Crippen molar-refractivity contribution >= 4 is 12.0 Å². The Morgan fingerprint density at radius 1 is 1.50 bits per heavy atom. The summed E-state index contributed by atoms with van der Waals surface area (Å²) in [4.78, 5) is 25.8. The summed E-state index contributed by atoms with van der Waals surface area (Å²) in [7, 11) is 0. The van der Waals surface area contributed by atoms with E-state index in [9.17, 15) is 9.59 Å². The molecule has 18 heavy (non-hydrogen) atoms. The first-order valence-corrected chi connectivity index (χ1v) is 5.73. The summed E-state index contributed by atoms with van der Waals surface area (Å²) < 4.78 is 0. The van der Waals surface area contributed by atoms with Gasteiger partial charge >= 0.3 is 12.0 Å². The summed E-state index contributed by atoms with van der Waals surface area (Å²) in [6.07, 6.45) is 3.80. The minimum Gasteiger partial charge on any atom is -0.481 e. The third kappa shape index (κ3) is 5.83. The van der Waals surface area contributed by atoms with Crippen molar-refractivity contribution in [3.63, 3.8) is 0 Å². The number of aromatic nitrogens is 1. The van der Waals surface area contributed by atoms with Gasteiger partial charge in [-0.2, -0.15) is 0 Å². The van der Waals surface area contributed by atoms with Crippen molar-refractivity contribution in [2.45, 2.75) is 32.4 Å². The molecule has 0 aliphatic carbocycles. The summed E-state index contributed by atoms with van der Waals surface area (Å²) in [5, 5.41) is 13.9. The van der Waals surface area contributed by atoms with Gasteiger partial charge in [-0.3, -0.25) is 9.78 Å². The number of carbonyl (C=O) groups is 2. The van der Waals surface area contributed by atoms with Crippen LogP contribution in [0.3, 0.4) is 0 Å². The number of hydrogen-bond donors (Lipinski definition) is 3. The SMILES string of the molecule is CC(CCC(=O)O)NC(=O)NCc1cccnc1. The fourth-order valence-electron chi connectivity index (χ4n) is 1.37. The van der Waals surface area contributed by atoms with Gasteiger partial charge in [-0.1, -0.05) is 6.07 Å². The van der Waals surface area contributed by atoms with E-state index in [4.69, 9.17) is 5.11 Å². The number of urea groups is 1. The van der Waals surface area contributed by atoms with Crippen molar-refractivity contribution in [1.29, 1.82) is 0 Å².